The van der Waals surface area contributed by atoms with Gasteiger partial charge in [0.1, 0.15) is 10.6 Å². The zero-order valence-electron chi connectivity index (χ0n) is 17.6. The van der Waals surface area contributed by atoms with Crippen LogP contribution in [-0.2, 0) is 14.8 Å². The molecule has 0 fully saturated rings. The van der Waals surface area contributed by atoms with Crippen LogP contribution in [0.4, 0.5) is 11.4 Å². The van der Waals surface area contributed by atoms with Crippen LogP contribution < -0.4 is 14.8 Å². The highest BCUT2D eigenvalue weighted by molar-refractivity contribution is 7.99. The zero-order chi connectivity index (χ0) is 23.1. The molecule has 0 aliphatic heterocycles. The minimum absolute atomic E-state index is 0.0420. The average Bonchev–Trinajstić information content (AvgIpc) is 2.76. The number of anilines is 2. The van der Waals surface area contributed by atoms with E-state index in [1.165, 1.54) is 24.8 Å². The standard InChI is InChI=1S/C23H23ClN2O4S2/c1-16-7-10-18(11-8-16)31-14-13-23(27)25-17-9-12-19(24)22(15-17)32(28,29)26-20-5-3-4-6-21(20)30-2/h3-12,15,26H,13-14H2,1-2H3,(H,25,27). The summed E-state index contributed by atoms with van der Waals surface area (Å²) in [6.07, 6.45) is 0.280. The van der Waals surface area contributed by atoms with Gasteiger partial charge < -0.3 is 10.1 Å². The number of halogens is 1. The van der Waals surface area contributed by atoms with Gasteiger partial charge in [-0.1, -0.05) is 41.4 Å². The molecular weight excluding hydrogens is 468 g/mol. The van der Waals surface area contributed by atoms with Gasteiger partial charge in [0.05, 0.1) is 17.8 Å². The summed E-state index contributed by atoms with van der Waals surface area (Å²) in [5.74, 6) is 0.763. The van der Waals surface area contributed by atoms with E-state index in [2.05, 4.69) is 10.0 Å². The minimum atomic E-state index is -4.01. The van der Waals surface area contributed by atoms with E-state index in [9.17, 15) is 13.2 Å². The summed E-state index contributed by atoms with van der Waals surface area (Å²) in [5, 5.41) is 2.78. The third-order valence-electron chi connectivity index (χ3n) is 4.47. The lowest BCUT2D eigenvalue weighted by atomic mass is 10.2. The van der Waals surface area contributed by atoms with Crippen molar-refractivity contribution in [2.45, 2.75) is 23.1 Å². The molecule has 0 aromatic heterocycles. The molecule has 0 atom stereocenters. The number of nitrogens with one attached hydrogen (secondary N) is 2. The molecule has 9 heteroatoms. The first-order valence-electron chi connectivity index (χ1n) is 9.73. The molecule has 6 nitrogen and oxygen atoms in total. The summed E-state index contributed by atoms with van der Waals surface area (Å²) in [7, 11) is -2.56. The Hall–Kier alpha value is -2.68. The van der Waals surface area contributed by atoms with Crippen LogP contribution in [0.25, 0.3) is 0 Å². The van der Waals surface area contributed by atoms with Crippen LogP contribution in [0.2, 0.25) is 5.02 Å². The van der Waals surface area contributed by atoms with E-state index < -0.39 is 10.0 Å². The van der Waals surface area contributed by atoms with Crippen molar-refractivity contribution < 1.29 is 17.9 Å². The maximum absolute atomic E-state index is 12.9. The van der Waals surface area contributed by atoms with Crippen molar-refractivity contribution in [3.05, 3.63) is 77.3 Å². The summed E-state index contributed by atoms with van der Waals surface area (Å²) < 4.78 is 33.5. The highest BCUT2D eigenvalue weighted by atomic mass is 35.5. The molecule has 0 heterocycles. The van der Waals surface area contributed by atoms with Gasteiger partial charge in [0, 0.05) is 22.8 Å². The van der Waals surface area contributed by atoms with Crippen LogP contribution in [0.5, 0.6) is 5.75 Å². The van der Waals surface area contributed by atoms with E-state index >= 15 is 0 Å². The van der Waals surface area contributed by atoms with Gasteiger partial charge >= 0.3 is 0 Å². The number of rotatable bonds is 9. The molecule has 0 aliphatic rings. The molecule has 0 saturated carbocycles. The predicted molar refractivity (Wildman–Crippen MR) is 130 cm³/mol. The molecule has 32 heavy (non-hydrogen) atoms. The van der Waals surface area contributed by atoms with Gasteiger partial charge in [-0.2, -0.15) is 0 Å². The molecule has 0 unspecified atom stereocenters. The Labute approximate surface area is 197 Å². The molecule has 3 rings (SSSR count). The number of methoxy groups -OCH3 is 1. The highest BCUT2D eigenvalue weighted by Gasteiger charge is 2.21. The molecule has 0 bridgehead atoms. The van der Waals surface area contributed by atoms with E-state index in [-0.39, 0.29) is 27.9 Å². The van der Waals surface area contributed by atoms with E-state index in [1.54, 1.807) is 42.1 Å². The van der Waals surface area contributed by atoms with Crippen molar-refractivity contribution in [1.29, 1.82) is 0 Å². The van der Waals surface area contributed by atoms with E-state index in [1.807, 2.05) is 31.2 Å². The van der Waals surface area contributed by atoms with Gasteiger partial charge in [-0.15, -0.1) is 11.8 Å². The number of carbonyl (C=O) groups excluding carboxylic acids is 1. The average molecular weight is 491 g/mol. The molecule has 0 radical (unpaired) electrons. The van der Waals surface area contributed by atoms with Crippen LogP contribution in [0.3, 0.4) is 0 Å². The predicted octanol–water partition coefficient (Wildman–Crippen LogP) is 5.58. The Balaban J connectivity index is 1.66. The smallest absolute Gasteiger partial charge is 0.263 e. The van der Waals surface area contributed by atoms with Crippen molar-refractivity contribution in [3.63, 3.8) is 0 Å². The fourth-order valence-electron chi connectivity index (χ4n) is 2.84. The number of aryl methyl sites for hydroxylation is 1. The van der Waals surface area contributed by atoms with Crippen LogP contribution >= 0.6 is 23.4 Å². The van der Waals surface area contributed by atoms with Crippen molar-refractivity contribution in [2.24, 2.45) is 0 Å². The van der Waals surface area contributed by atoms with E-state index in [0.29, 0.717) is 17.2 Å². The Morgan fingerprint density at radius 2 is 1.78 bits per heavy atom. The van der Waals surface area contributed by atoms with Crippen molar-refractivity contribution >= 4 is 50.7 Å². The van der Waals surface area contributed by atoms with Gasteiger partial charge in [0.25, 0.3) is 10.0 Å². The Kier molecular flexibility index (Phi) is 8.06. The van der Waals surface area contributed by atoms with Crippen LogP contribution in [0.1, 0.15) is 12.0 Å². The van der Waals surface area contributed by atoms with Gasteiger partial charge in [-0.05, 0) is 49.4 Å². The highest BCUT2D eigenvalue weighted by Crippen LogP contribution is 2.30. The fourth-order valence-corrected chi connectivity index (χ4v) is 5.28. The van der Waals surface area contributed by atoms with Gasteiger partial charge in [-0.3, -0.25) is 9.52 Å². The van der Waals surface area contributed by atoms with Crippen LogP contribution in [-0.4, -0.2) is 27.2 Å². The summed E-state index contributed by atoms with van der Waals surface area (Å²) in [5.41, 5.74) is 1.81. The number of para-hydroxylation sites is 2. The second-order valence-electron chi connectivity index (χ2n) is 6.91. The van der Waals surface area contributed by atoms with Crippen LogP contribution in [0.15, 0.2) is 76.5 Å². The number of carbonyl (C=O) groups is 1. The topological polar surface area (TPSA) is 84.5 Å². The molecule has 0 spiro atoms. The number of sulfonamides is 1. The molecule has 0 saturated heterocycles. The first-order valence-corrected chi connectivity index (χ1v) is 12.6. The first-order chi connectivity index (χ1) is 15.3. The number of ether oxygens (including phenoxy) is 1. The lowest BCUT2D eigenvalue weighted by Crippen LogP contribution is -2.16. The normalized spacial score (nSPS) is 11.1. The van der Waals surface area contributed by atoms with Gasteiger partial charge in [0.15, 0.2) is 0 Å². The van der Waals surface area contributed by atoms with E-state index in [4.69, 9.17) is 16.3 Å². The summed E-state index contributed by atoms with van der Waals surface area (Å²) in [6, 6.07) is 19.1. The Morgan fingerprint density at radius 3 is 2.50 bits per heavy atom. The van der Waals surface area contributed by atoms with Crippen molar-refractivity contribution in [2.75, 3.05) is 22.9 Å². The largest absolute Gasteiger partial charge is 0.495 e. The monoisotopic (exact) mass is 490 g/mol. The maximum Gasteiger partial charge on any atom is 0.263 e. The minimum Gasteiger partial charge on any atom is -0.495 e. The van der Waals surface area contributed by atoms with Gasteiger partial charge in [0.2, 0.25) is 5.91 Å². The second-order valence-corrected chi connectivity index (χ2v) is 10.1. The molecule has 2 N–H and O–H groups in total. The Morgan fingerprint density at radius 1 is 1.06 bits per heavy atom. The number of thioether (sulfide) groups is 1. The Bertz CT molecular complexity index is 1200. The van der Waals surface area contributed by atoms with Crippen molar-refractivity contribution in [3.8, 4) is 5.75 Å². The lowest BCUT2D eigenvalue weighted by Gasteiger charge is -2.14. The molecule has 0 aliphatic carbocycles. The van der Waals surface area contributed by atoms with Crippen molar-refractivity contribution in [1.82, 2.24) is 0 Å². The SMILES string of the molecule is COc1ccccc1NS(=O)(=O)c1cc(NC(=O)CCSc2ccc(C)cc2)ccc1Cl. The number of hydrogen-bond donors (Lipinski definition) is 2. The van der Waals surface area contributed by atoms with Gasteiger partial charge in [-0.25, -0.2) is 8.42 Å². The number of amides is 1. The zero-order valence-corrected chi connectivity index (χ0v) is 20.0. The van der Waals surface area contributed by atoms with Crippen LogP contribution in [0, 0.1) is 6.92 Å². The van der Waals surface area contributed by atoms with E-state index in [0.717, 1.165) is 4.90 Å². The third-order valence-corrected chi connectivity index (χ3v) is 7.34. The summed E-state index contributed by atoms with van der Waals surface area (Å²) >= 11 is 7.74. The lowest BCUT2D eigenvalue weighted by molar-refractivity contribution is -0.115. The molecular formula is C23H23ClN2O4S2. The first kappa shape index (κ1) is 24.0. The quantitative estimate of drug-likeness (QED) is 0.382. The fraction of sp³-hybridized carbons (Fsp3) is 0.174. The number of benzene rings is 3. The molecule has 168 valence electrons. The molecule has 1 amide bonds. The maximum atomic E-state index is 12.9. The second kappa shape index (κ2) is 10.8. The summed E-state index contributed by atoms with van der Waals surface area (Å²) in [4.78, 5) is 13.3. The summed E-state index contributed by atoms with van der Waals surface area (Å²) in [6.45, 7) is 2.02. The number of hydrogen-bond acceptors (Lipinski definition) is 5. The third kappa shape index (κ3) is 6.41. The molecule has 3 aromatic carbocycles. The molecule has 3 aromatic rings.